The Morgan fingerprint density at radius 3 is 2.41 bits per heavy atom. The second-order valence-corrected chi connectivity index (χ2v) is 12.7. The Hall–Kier alpha value is -4.57. The summed E-state index contributed by atoms with van der Waals surface area (Å²) in [5.41, 5.74) is 4.66. The van der Waals surface area contributed by atoms with Crippen molar-refractivity contribution in [2.45, 2.75) is 59.5 Å². The molecule has 242 valence electrons. The highest BCUT2D eigenvalue weighted by Crippen LogP contribution is 2.41. The molecule has 2 aliphatic heterocycles. The molecule has 0 unspecified atom stereocenters. The van der Waals surface area contributed by atoms with Crippen LogP contribution in [0.25, 0.3) is 0 Å². The third-order valence-electron chi connectivity index (χ3n) is 9.47. The van der Waals surface area contributed by atoms with Gasteiger partial charge in [-0.3, -0.25) is 19.2 Å². The number of likely N-dealkylation sites (tertiary alicyclic amines) is 1. The fourth-order valence-electron chi connectivity index (χ4n) is 6.72. The molecule has 5 rings (SSSR count). The van der Waals surface area contributed by atoms with Gasteiger partial charge in [-0.25, -0.2) is 4.98 Å². The van der Waals surface area contributed by atoms with Gasteiger partial charge < -0.3 is 25.8 Å². The van der Waals surface area contributed by atoms with Crippen LogP contribution in [0.4, 0.5) is 11.5 Å². The zero-order valence-corrected chi connectivity index (χ0v) is 27.2. The smallest absolute Gasteiger partial charge is 0.244 e. The van der Waals surface area contributed by atoms with Gasteiger partial charge in [0.1, 0.15) is 12.4 Å². The first-order valence-corrected chi connectivity index (χ1v) is 16.0. The number of aromatic nitrogens is 1. The van der Waals surface area contributed by atoms with Crippen molar-refractivity contribution in [1.82, 2.24) is 20.1 Å². The molecule has 0 spiro atoms. The van der Waals surface area contributed by atoms with Crippen molar-refractivity contribution in [2.75, 3.05) is 37.3 Å². The highest BCUT2D eigenvalue weighted by molar-refractivity contribution is 5.96. The molecule has 3 N–H and O–H groups in total. The van der Waals surface area contributed by atoms with E-state index in [1.54, 1.807) is 22.9 Å². The largest absolute Gasteiger partial charge is 0.343 e. The average Bonchev–Trinajstić information content (AvgIpc) is 3.02. The van der Waals surface area contributed by atoms with Crippen molar-refractivity contribution in [1.29, 1.82) is 0 Å². The van der Waals surface area contributed by atoms with E-state index in [2.05, 4.69) is 34.8 Å². The first-order chi connectivity index (χ1) is 22.1. The lowest BCUT2D eigenvalue weighted by Gasteiger charge is -2.45. The van der Waals surface area contributed by atoms with E-state index in [0.29, 0.717) is 50.4 Å². The monoisotopic (exact) mass is 624 g/mol. The molecular weight excluding hydrogens is 580 g/mol. The Bertz CT molecular complexity index is 1610. The van der Waals surface area contributed by atoms with E-state index >= 15 is 0 Å². The molecule has 10 nitrogen and oxygen atoms in total. The minimum atomic E-state index is -0.689. The molecule has 10 heteroatoms. The highest BCUT2D eigenvalue weighted by Gasteiger charge is 2.46. The van der Waals surface area contributed by atoms with Gasteiger partial charge in [-0.2, -0.15) is 0 Å². The van der Waals surface area contributed by atoms with E-state index in [1.165, 1.54) is 0 Å². The van der Waals surface area contributed by atoms with Crippen molar-refractivity contribution < 1.29 is 19.2 Å². The molecule has 3 heterocycles. The standard InChI is InChI=1S/C36H44N6O4/c1-24(2)36(13-16-41(17-14-36)25(3)43)35(46)42(22-29-9-6-5-8-28(29)21-37-4)23-33(45)39-31-12-11-26-18-27-10-7-15-38-34(27)40-32(44)20-30(26)19-31/h5-12,15,19,24,37H,13-14,16-18,20-23H2,1-4H3,(H,39,45)(H,38,40,44). The van der Waals surface area contributed by atoms with Gasteiger partial charge in [0.25, 0.3) is 0 Å². The molecule has 0 bridgehead atoms. The SMILES string of the molecule is CNCc1ccccc1CN(CC(=O)Nc1ccc2c(c1)CC(=O)Nc1ncccc1C2)C(=O)C1(C(C)C)CCN(C(C)=O)CC1. The maximum atomic E-state index is 14.6. The zero-order valence-electron chi connectivity index (χ0n) is 27.2. The number of rotatable bonds is 9. The maximum Gasteiger partial charge on any atom is 0.244 e. The summed E-state index contributed by atoms with van der Waals surface area (Å²) in [5, 5.41) is 9.08. The number of piperidine rings is 1. The quantitative estimate of drug-likeness (QED) is 0.329. The van der Waals surface area contributed by atoms with E-state index in [4.69, 9.17) is 0 Å². The number of nitrogens with zero attached hydrogens (tertiary/aromatic N) is 3. The number of hydrogen-bond donors (Lipinski definition) is 3. The number of fused-ring (bicyclic) bond motifs is 2. The second kappa shape index (κ2) is 14.2. The predicted octanol–water partition coefficient (Wildman–Crippen LogP) is 4.14. The lowest BCUT2D eigenvalue weighted by molar-refractivity contribution is -0.153. The van der Waals surface area contributed by atoms with Gasteiger partial charge in [-0.1, -0.05) is 50.2 Å². The van der Waals surface area contributed by atoms with Crippen LogP contribution in [0.2, 0.25) is 0 Å². The second-order valence-electron chi connectivity index (χ2n) is 12.7. The molecule has 2 aliphatic rings. The lowest BCUT2D eigenvalue weighted by Crippen LogP contribution is -2.54. The molecule has 0 atom stereocenters. The summed E-state index contributed by atoms with van der Waals surface area (Å²) in [6.07, 6.45) is 3.52. The Kier molecular flexibility index (Phi) is 10.2. The van der Waals surface area contributed by atoms with Crippen LogP contribution in [-0.4, -0.2) is 65.1 Å². The van der Waals surface area contributed by atoms with Gasteiger partial charge in [-0.05, 0) is 71.8 Å². The molecule has 0 saturated carbocycles. The fraction of sp³-hybridized carbons (Fsp3) is 0.417. The first kappa shape index (κ1) is 32.8. The number of carbonyl (C=O) groups is 4. The van der Waals surface area contributed by atoms with Crippen LogP contribution < -0.4 is 16.0 Å². The summed E-state index contributed by atoms with van der Waals surface area (Å²) in [6.45, 7) is 7.48. The van der Waals surface area contributed by atoms with Crippen LogP contribution >= 0.6 is 0 Å². The van der Waals surface area contributed by atoms with Gasteiger partial charge in [0.05, 0.1) is 11.8 Å². The molecular formula is C36H44N6O4. The summed E-state index contributed by atoms with van der Waals surface area (Å²) in [4.78, 5) is 60.9. The highest BCUT2D eigenvalue weighted by atomic mass is 16.2. The summed E-state index contributed by atoms with van der Waals surface area (Å²) < 4.78 is 0. The normalized spacial score (nSPS) is 15.6. The molecule has 4 amide bonds. The minimum absolute atomic E-state index is 0.0109. The molecule has 3 aromatic rings. The lowest BCUT2D eigenvalue weighted by atomic mass is 9.68. The van der Waals surface area contributed by atoms with Gasteiger partial charge in [0.2, 0.25) is 23.6 Å². The number of amides is 4. The van der Waals surface area contributed by atoms with Crippen molar-refractivity contribution in [3.8, 4) is 0 Å². The average molecular weight is 625 g/mol. The molecule has 1 aromatic heterocycles. The van der Waals surface area contributed by atoms with E-state index in [1.807, 2.05) is 61.6 Å². The summed E-state index contributed by atoms with van der Waals surface area (Å²) in [6, 6.07) is 17.4. The van der Waals surface area contributed by atoms with Crippen LogP contribution in [0.3, 0.4) is 0 Å². The van der Waals surface area contributed by atoms with Crippen LogP contribution in [-0.2, 0) is 45.1 Å². The predicted molar refractivity (Wildman–Crippen MR) is 178 cm³/mol. The van der Waals surface area contributed by atoms with Crippen molar-refractivity contribution in [3.05, 3.63) is 88.6 Å². The van der Waals surface area contributed by atoms with Crippen LogP contribution in [0.1, 0.15) is 61.4 Å². The summed E-state index contributed by atoms with van der Waals surface area (Å²) >= 11 is 0. The molecule has 0 aliphatic carbocycles. The third kappa shape index (κ3) is 7.28. The number of carbonyl (C=O) groups excluding carboxylic acids is 4. The van der Waals surface area contributed by atoms with E-state index in [-0.39, 0.29) is 49.1 Å². The first-order valence-electron chi connectivity index (χ1n) is 16.0. The molecule has 46 heavy (non-hydrogen) atoms. The van der Waals surface area contributed by atoms with Gasteiger partial charge in [0, 0.05) is 51.4 Å². The maximum absolute atomic E-state index is 14.6. The Balaban J connectivity index is 1.39. The Labute approximate surface area is 271 Å². The van der Waals surface area contributed by atoms with E-state index in [0.717, 1.165) is 27.8 Å². The molecule has 1 fully saturated rings. The van der Waals surface area contributed by atoms with Crippen molar-refractivity contribution in [2.24, 2.45) is 11.3 Å². The van der Waals surface area contributed by atoms with Gasteiger partial charge >= 0.3 is 0 Å². The molecule has 2 aromatic carbocycles. The van der Waals surface area contributed by atoms with Crippen molar-refractivity contribution in [3.63, 3.8) is 0 Å². The number of hydrogen-bond acceptors (Lipinski definition) is 6. The number of nitrogens with one attached hydrogen (secondary N) is 3. The van der Waals surface area contributed by atoms with E-state index in [9.17, 15) is 19.2 Å². The zero-order chi connectivity index (χ0) is 32.8. The number of anilines is 2. The van der Waals surface area contributed by atoms with Gasteiger partial charge in [-0.15, -0.1) is 0 Å². The minimum Gasteiger partial charge on any atom is -0.343 e. The topological polar surface area (TPSA) is 124 Å². The fourth-order valence-corrected chi connectivity index (χ4v) is 6.72. The third-order valence-corrected chi connectivity index (χ3v) is 9.47. The Morgan fingerprint density at radius 2 is 1.72 bits per heavy atom. The summed E-state index contributed by atoms with van der Waals surface area (Å²) in [7, 11) is 1.88. The number of pyridine rings is 1. The molecule has 1 saturated heterocycles. The van der Waals surface area contributed by atoms with Crippen LogP contribution in [0, 0.1) is 11.3 Å². The molecule has 0 radical (unpaired) electrons. The Morgan fingerprint density at radius 1 is 0.978 bits per heavy atom. The van der Waals surface area contributed by atoms with Crippen molar-refractivity contribution >= 4 is 35.1 Å². The number of benzene rings is 2. The summed E-state index contributed by atoms with van der Waals surface area (Å²) in [5.74, 6) is 0.0505. The van der Waals surface area contributed by atoms with Crippen LogP contribution in [0.5, 0.6) is 0 Å². The van der Waals surface area contributed by atoms with Crippen LogP contribution in [0.15, 0.2) is 60.8 Å². The van der Waals surface area contributed by atoms with E-state index < -0.39 is 5.41 Å². The van der Waals surface area contributed by atoms with Gasteiger partial charge in [0.15, 0.2) is 0 Å².